The summed E-state index contributed by atoms with van der Waals surface area (Å²) in [6, 6.07) is 14.7. The van der Waals surface area contributed by atoms with Crippen molar-refractivity contribution in [3.8, 4) is 17.1 Å². The molecular weight excluding hydrogens is 370 g/mol. The average molecular weight is 395 g/mol. The van der Waals surface area contributed by atoms with Crippen molar-refractivity contribution < 1.29 is 23.8 Å². The number of nitrogens with one attached hydrogen (secondary N) is 1. The first-order valence-electron chi connectivity index (χ1n) is 9.84. The van der Waals surface area contributed by atoms with Gasteiger partial charge >= 0.3 is 5.97 Å². The number of hydrogen-bond donors (Lipinski definition) is 2. The predicted molar refractivity (Wildman–Crippen MR) is 111 cm³/mol. The van der Waals surface area contributed by atoms with Gasteiger partial charge in [-0.05, 0) is 49.2 Å². The smallest absolute Gasteiger partial charge is 0.303 e. The second kappa shape index (κ2) is 9.78. The Balaban J connectivity index is 1.78. The van der Waals surface area contributed by atoms with E-state index in [1.165, 1.54) is 0 Å². The van der Waals surface area contributed by atoms with E-state index in [1.807, 2.05) is 36.4 Å². The third-order valence-corrected chi connectivity index (χ3v) is 4.54. The first-order valence-corrected chi connectivity index (χ1v) is 9.84. The molecule has 0 bridgehead atoms. The van der Waals surface area contributed by atoms with Crippen LogP contribution in [0.1, 0.15) is 43.0 Å². The largest absolute Gasteiger partial charge is 0.493 e. The summed E-state index contributed by atoms with van der Waals surface area (Å²) < 4.78 is 11.7. The van der Waals surface area contributed by atoms with Gasteiger partial charge in [0.15, 0.2) is 0 Å². The monoisotopic (exact) mass is 395 g/mol. The molecule has 0 aliphatic heterocycles. The summed E-state index contributed by atoms with van der Waals surface area (Å²) in [5, 5.41) is 12.5. The minimum Gasteiger partial charge on any atom is -0.493 e. The van der Waals surface area contributed by atoms with E-state index in [-0.39, 0.29) is 12.3 Å². The molecule has 6 heteroatoms. The zero-order valence-electron chi connectivity index (χ0n) is 16.4. The van der Waals surface area contributed by atoms with Crippen LogP contribution in [0.4, 0.5) is 0 Å². The van der Waals surface area contributed by atoms with Crippen LogP contribution < -0.4 is 10.1 Å². The lowest BCUT2D eigenvalue weighted by Crippen LogP contribution is -2.24. The van der Waals surface area contributed by atoms with Gasteiger partial charge in [-0.2, -0.15) is 0 Å². The van der Waals surface area contributed by atoms with Crippen molar-refractivity contribution in [2.75, 3.05) is 13.2 Å². The van der Waals surface area contributed by atoms with Gasteiger partial charge in [0.05, 0.1) is 12.2 Å². The number of unbranched alkanes of at least 4 members (excludes halogenated alkanes) is 1. The summed E-state index contributed by atoms with van der Waals surface area (Å²) in [4.78, 5) is 22.9. The molecule has 3 rings (SSSR count). The lowest BCUT2D eigenvalue weighted by Gasteiger charge is -2.09. The SMILES string of the molecule is CCCCNC(=O)c1ccc2oc(-c3ccccc3OCCCC(=O)O)cc2c1. The predicted octanol–water partition coefficient (Wildman–Crippen LogP) is 4.87. The Hall–Kier alpha value is -3.28. The normalized spacial score (nSPS) is 10.8. The Morgan fingerprint density at radius 2 is 1.93 bits per heavy atom. The minimum atomic E-state index is -0.839. The van der Waals surface area contributed by atoms with Gasteiger partial charge in [-0.1, -0.05) is 25.5 Å². The number of benzene rings is 2. The number of furan rings is 1. The fraction of sp³-hybridized carbons (Fsp3) is 0.304. The van der Waals surface area contributed by atoms with Crippen molar-refractivity contribution in [3.63, 3.8) is 0 Å². The van der Waals surface area contributed by atoms with E-state index in [2.05, 4.69) is 12.2 Å². The second-order valence-corrected chi connectivity index (χ2v) is 6.81. The third-order valence-electron chi connectivity index (χ3n) is 4.54. The molecule has 0 spiro atoms. The highest BCUT2D eigenvalue weighted by Gasteiger charge is 2.13. The molecule has 0 saturated carbocycles. The minimum absolute atomic E-state index is 0.0654. The number of amides is 1. The molecule has 0 atom stereocenters. The maximum atomic E-state index is 12.3. The summed E-state index contributed by atoms with van der Waals surface area (Å²) >= 11 is 0. The van der Waals surface area contributed by atoms with Gasteiger partial charge in [-0.15, -0.1) is 0 Å². The summed E-state index contributed by atoms with van der Waals surface area (Å²) in [5.74, 6) is 0.339. The molecule has 0 aliphatic rings. The molecular formula is C23H25NO5. The van der Waals surface area contributed by atoms with Gasteiger partial charge in [-0.25, -0.2) is 0 Å². The van der Waals surface area contributed by atoms with Crippen LogP contribution >= 0.6 is 0 Å². The van der Waals surface area contributed by atoms with Crippen LogP contribution in [0.5, 0.6) is 5.75 Å². The summed E-state index contributed by atoms with van der Waals surface area (Å²) in [6.07, 6.45) is 2.48. The number of carbonyl (C=O) groups is 2. The quantitative estimate of drug-likeness (QED) is 0.478. The lowest BCUT2D eigenvalue weighted by atomic mass is 10.1. The van der Waals surface area contributed by atoms with Crippen LogP contribution in [0.15, 0.2) is 52.9 Å². The van der Waals surface area contributed by atoms with Crippen molar-refractivity contribution in [1.29, 1.82) is 0 Å². The fourth-order valence-corrected chi connectivity index (χ4v) is 3.00. The van der Waals surface area contributed by atoms with E-state index in [4.69, 9.17) is 14.3 Å². The number of fused-ring (bicyclic) bond motifs is 1. The fourth-order valence-electron chi connectivity index (χ4n) is 3.00. The number of carbonyl (C=O) groups excluding carboxylic acids is 1. The standard InChI is InChI=1S/C23H25NO5/c1-2-3-12-24-23(27)16-10-11-19-17(14-16)15-21(29-19)18-7-4-5-8-20(18)28-13-6-9-22(25)26/h4-5,7-8,10-11,14-15H,2-3,6,9,12-13H2,1H3,(H,24,27)(H,25,26). The number of ether oxygens (including phenoxy) is 1. The topological polar surface area (TPSA) is 88.8 Å². The van der Waals surface area contributed by atoms with E-state index in [0.717, 1.165) is 23.8 Å². The molecule has 0 radical (unpaired) electrons. The number of hydrogen-bond acceptors (Lipinski definition) is 4. The maximum Gasteiger partial charge on any atom is 0.303 e. The van der Waals surface area contributed by atoms with Crippen LogP contribution in [-0.2, 0) is 4.79 Å². The van der Waals surface area contributed by atoms with Crippen LogP contribution in [0.2, 0.25) is 0 Å². The van der Waals surface area contributed by atoms with Gasteiger partial charge in [0, 0.05) is 23.9 Å². The average Bonchev–Trinajstić information content (AvgIpc) is 3.14. The number of aliphatic carboxylic acids is 1. The summed E-state index contributed by atoms with van der Waals surface area (Å²) in [5.41, 5.74) is 2.07. The van der Waals surface area contributed by atoms with Crippen molar-refractivity contribution in [3.05, 3.63) is 54.1 Å². The molecule has 1 amide bonds. The highest BCUT2D eigenvalue weighted by molar-refractivity contribution is 5.98. The zero-order chi connectivity index (χ0) is 20.6. The molecule has 0 saturated heterocycles. The Morgan fingerprint density at radius 3 is 2.72 bits per heavy atom. The van der Waals surface area contributed by atoms with Gasteiger partial charge in [0.1, 0.15) is 17.1 Å². The van der Waals surface area contributed by atoms with Crippen molar-refractivity contribution >= 4 is 22.8 Å². The van der Waals surface area contributed by atoms with Crippen LogP contribution in [0, 0.1) is 0 Å². The van der Waals surface area contributed by atoms with E-state index >= 15 is 0 Å². The number of carboxylic acid groups (broad SMARTS) is 1. The van der Waals surface area contributed by atoms with Crippen LogP contribution in [0.25, 0.3) is 22.3 Å². The molecule has 1 aromatic heterocycles. The first kappa shape index (κ1) is 20.5. The number of carboxylic acids is 1. The van der Waals surface area contributed by atoms with Crippen molar-refractivity contribution in [1.82, 2.24) is 5.32 Å². The highest BCUT2D eigenvalue weighted by atomic mass is 16.5. The Bertz CT molecular complexity index is 992. The molecule has 0 aliphatic carbocycles. The van der Waals surface area contributed by atoms with Crippen molar-refractivity contribution in [2.24, 2.45) is 0 Å². The maximum absolute atomic E-state index is 12.3. The van der Waals surface area contributed by atoms with Crippen molar-refractivity contribution in [2.45, 2.75) is 32.6 Å². The molecule has 0 fully saturated rings. The molecule has 2 aromatic carbocycles. The number of para-hydroxylation sites is 1. The summed E-state index contributed by atoms with van der Waals surface area (Å²) in [7, 11) is 0. The lowest BCUT2D eigenvalue weighted by molar-refractivity contribution is -0.137. The first-order chi connectivity index (χ1) is 14.1. The van der Waals surface area contributed by atoms with E-state index in [0.29, 0.717) is 42.2 Å². The third kappa shape index (κ3) is 5.38. The van der Waals surface area contributed by atoms with E-state index < -0.39 is 5.97 Å². The molecule has 152 valence electrons. The molecule has 1 heterocycles. The van der Waals surface area contributed by atoms with Gasteiger partial charge < -0.3 is 19.6 Å². The molecule has 3 aromatic rings. The van der Waals surface area contributed by atoms with E-state index in [1.54, 1.807) is 12.1 Å². The van der Waals surface area contributed by atoms with Crippen LogP contribution in [-0.4, -0.2) is 30.1 Å². The van der Waals surface area contributed by atoms with Gasteiger partial charge in [0.25, 0.3) is 5.91 Å². The Kier molecular flexibility index (Phi) is 6.89. The van der Waals surface area contributed by atoms with Gasteiger partial charge in [-0.3, -0.25) is 9.59 Å². The van der Waals surface area contributed by atoms with E-state index in [9.17, 15) is 9.59 Å². The Labute approximate surface area is 169 Å². The molecule has 6 nitrogen and oxygen atoms in total. The summed E-state index contributed by atoms with van der Waals surface area (Å²) in [6.45, 7) is 3.06. The molecule has 29 heavy (non-hydrogen) atoms. The second-order valence-electron chi connectivity index (χ2n) is 6.81. The van der Waals surface area contributed by atoms with Gasteiger partial charge in [0.2, 0.25) is 0 Å². The number of rotatable bonds is 10. The zero-order valence-corrected chi connectivity index (χ0v) is 16.4. The highest BCUT2D eigenvalue weighted by Crippen LogP contribution is 2.34. The molecule has 2 N–H and O–H groups in total. The van der Waals surface area contributed by atoms with Crippen LogP contribution in [0.3, 0.4) is 0 Å². The molecule has 0 unspecified atom stereocenters. The Morgan fingerprint density at radius 1 is 1.10 bits per heavy atom.